The fraction of sp³-hybridized carbons (Fsp3) is 0.105. The maximum atomic E-state index is 11.8. The van der Waals surface area contributed by atoms with Gasteiger partial charge in [-0.1, -0.05) is 42.5 Å². The molecular weight excluding hydrogens is 308 g/mol. The van der Waals surface area contributed by atoms with Gasteiger partial charge in [-0.3, -0.25) is 4.79 Å². The van der Waals surface area contributed by atoms with Gasteiger partial charge in [-0.2, -0.15) is 0 Å². The van der Waals surface area contributed by atoms with Crippen LogP contribution in [0.2, 0.25) is 0 Å². The molecule has 2 aromatic carbocycles. The van der Waals surface area contributed by atoms with Gasteiger partial charge in [-0.15, -0.1) is 0 Å². The van der Waals surface area contributed by atoms with E-state index in [9.17, 15) is 14.4 Å². The van der Waals surface area contributed by atoms with Crippen LogP contribution < -0.4 is 0 Å². The second kappa shape index (κ2) is 8.43. The minimum Gasteiger partial charge on any atom is -0.465 e. The molecule has 0 fully saturated rings. The van der Waals surface area contributed by atoms with E-state index in [1.165, 1.54) is 19.3 Å². The standard InChI is InChI=1S/C19H16O5/c1-23-19(22)16-10-7-14(8-11-16)9-12-18(21)24-13-17(20)15-5-3-2-4-6-15/h2-12H,13H2,1H3/b12-9+. The third kappa shape index (κ3) is 4.91. The zero-order valence-electron chi connectivity index (χ0n) is 13.1. The average molecular weight is 324 g/mol. The summed E-state index contributed by atoms with van der Waals surface area (Å²) in [5, 5.41) is 0. The Morgan fingerprint density at radius 1 is 0.917 bits per heavy atom. The number of esters is 2. The number of rotatable bonds is 6. The van der Waals surface area contributed by atoms with E-state index in [-0.39, 0.29) is 12.4 Å². The molecule has 24 heavy (non-hydrogen) atoms. The predicted octanol–water partition coefficient (Wildman–Crippen LogP) is 2.91. The minimum atomic E-state index is -0.615. The lowest BCUT2D eigenvalue weighted by molar-refractivity contribution is -0.136. The van der Waals surface area contributed by atoms with Gasteiger partial charge in [0.1, 0.15) is 0 Å². The monoisotopic (exact) mass is 324 g/mol. The molecule has 0 radical (unpaired) electrons. The van der Waals surface area contributed by atoms with Crippen LogP contribution in [0.3, 0.4) is 0 Å². The molecule has 0 amide bonds. The Morgan fingerprint density at radius 3 is 2.21 bits per heavy atom. The molecule has 0 N–H and O–H groups in total. The zero-order chi connectivity index (χ0) is 17.4. The van der Waals surface area contributed by atoms with Gasteiger partial charge in [0.15, 0.2) is 12.4 Å². The van der Waals surface area contributed by atoms with E-state index in [2.05, 4.69) is 4.74 Å². The molecular formula is C19H16O5. The molecule has 0 saturated carbocycles. The van der Waals surface area contributed by atoms with Gasteiger partial charge in [0.05, 0.1) is 12.7 Å². The first-order valence-corrected chi connectivity index (χ1v) is 7.21. The zero-order valence-corrected chi connectivity index (χ0v) is 13.1. The predicted molar refractivity (Wildman–Crippen MR) is 88.5 cm³/mol. The molecule has 2 rings (SSSR count). The molecule has 122 valence electrons. The number of hydrogen-bond acceptors (Lipinski definition) is 5. The summed E-state index contributed by atoms with van der Waals surface area (Å²) in [5.74, 6) is -1.31. The highest BCUT2D eigenvalue weighted by Crippen LogP contribution is 2.07. The van der Waals surface area contributed by atoms with Crippen molar-refractivity contribution in [2.45, 2.75) is 0 Å². The Bertz CT molecular complexity index is 745. The van der Waals surface area contributed by atoms with E-state index in [1.807, 2.05) is 0 Å². The molecule has 0 unspecified atom stereocenters. The van der Waals surface area contributed by atoms with Gasteiger partial charge in [-0.05, 0) is 23.8 Å². The van der Waals surface area contributed by atoms with Crippen LogP contribution in [0.5, 0.6) is 0 Å². The van der Waals surface area contributed by atoms with Crippen LogP contribution in [-0.4, -0.2) is 31.4 Å². The summed E-state index contributed by atoms with van der Waals surface area (Å²) >= 11 is 0. The van der Waals surface area contributed by atoms with Crippen molar-refractivity contribution >= 4 is 23.8 Å². The summed E-state index contributed by atoms with van der Waals surface area (Å²) < 4.78 is 9.51. The van der Waals surface area contributed by atoms with Crippen LogP contribution in [0.4, 0.5) is 0 Å². The van der Waals surface area contributed by atoms with Crippen LogP contribution in [0.25, 0.3) is 6.08 Å². The lowest BCUT2D eigenvalue weighted by Gasteiger charge is -2.02. The highest BCUT2D eigenvalue weighted by Gasteiger charge is 2.07. The van der Waals surface area contributed by atoms with Crippen LogP contribution >= 0.6 is 0 Å². The van der Waals surface area contributed by atoms with Crippen molar-refractivity contribution in [3.63, 3.8) is 0 Å². The quantitative estimate of drug-likeness (QED) is 0.464. The largest absolute Gasteiger partial charge is 0.465 e. The van der Waals surface area contributed by atoms with Crippen molar-refractivity contribution in [1.82, 2.24) is 0 Å². The van der Waals surface area contributed by atoms with Gasteiger partial charge in [0, 0.05) is 11.6 Å². The van der Waals surface area contributed by atoms with E-state index >= 15 is 0 Å². The SMILES string of the molecule is COC(=O)c1ccc(/C=C/C(=O)OCC(=O)c2ccccc2)cc1. The number of benzene rings is 2. The lowest BCUT2D eigenvalue weighted by Crippen LogP contribution is -2.12. The molecule has 0 aliphatic rings. The molecule has 0 aliphatic carbocycles. The fourth-order valence-electron chi connectivity index (χ4n) is 1.90. The van der Waals surface area contributed by atoms with E-state index in [4.69, 9.17) is 4.74 Å². The fourth-order valence-corrected chi connectivity index (χ4v) is 1.90. The molecule has 2 aromatic rings. The van der Waals surface area contributed by atoms with E-state index in [1.54, 1.807) is 54.6 Å². The Kier molecular flexibility index (Phi) is 6.02. The topological polar surface area (TPSA) is 69.7 Å². The van der Waals surface area contributed by atoms with E-state index in [0.717, 1.165) is 0 Å². The minimum absolute atomic E-state index is 0.264. The average Bonchev–Trinajstić information content (AvgIpc) is 2.64. The van der Waals surface area contributed by atoms with Crippen molar-refractivity contribution in [2.75, 3.05) is 13.7 Å². The number of carbonyl (C=O) groups excluding carboxylic acids is 3. The second-order valence-electron chi connectivity index (χ2n) is 4.84. The van der Waals surface area contributed by atoms with Crippen LogP contribution in [-0.2, 0) is 14.3 Å². The maximum absolute atomic E-state index is 11.8. The summed E-state index contributed by atoms with van der Waals surface area (Å²) in [4.78, 5) is 34.8. The lowest BCUT2D eigenvalue weighted by atomic mass is 10.1. The van der Waals surface area contributed by atoms with Gasteiger partial charge in [-0.25, -0.2) is 9.59 Å². The number of ketones is 1. The molecule has 0 aliphatic heterocycles. The number of carbonyl (C=O) groups is 3. The summed E-state index contributed by atoms with van der Waals surface area (Å²) in [6, 6.07) is 15.1. The molecule has 5 nitrogen and oxygen atoms in total. The van der Waals surface area contributed by atoms with Gasteiger partial charge in [0.25, 0.3) is 0 Å². The van der Waals surface area contributed by atoms with E-state index < -0.39 is 11.9 Å². The molecule has 0 aromatic heterocycles. The Morgan fingerprint density at radius 2 is 1.58 bits per heavy atom. The first kappa shape index (κ1) is 17.1. The molecule has 0 saturated heterocycles. The molecule has 0 spiro atoms. The van der Waals surface area contributed by atoms with Gasteiger partial charge in [0.2, 0.25) is 0 Å². The van der Waals surface area contributed by atoms with Crippen molar-refractivity contribution in [1.29, 1.82) is 0 Å². The highest BCUT2D eigenvalue weighted by molar-refractivity contribution is 5.98. The number of methoxy groups -OCH3 is 1. The molecule has 0 heterocycles. The van der Waals surface area contributed by atoms with Crippen molar-refractivity contribution in [3.05, 3.63) is 77.4 Å². The molecule has 0 bridgehead atoms. The third-order valence-corrected chi connectivity index (χ3v) is 3.18. The number of Topliss-reactive ketones (excluding diaryl/α,β-unsaturated/α-hetero) is 1. The van der Waals surface area contributed by atoms with Crippen molar-refractivity contribution in [2.24, 2.45) is 0 Å². The Balaban J connectivity index is 1.86. The van der Waals surface area contributed by atoms with Crippen molar-refractivity contribution in [3.8, 4) is 0 Å². The van der Waals surface area contributed by atoms with Crippen LogP contribution in [0, 0.1) is 0 Å². The first-order valence-electron chi connectivity index (χ1n) is 7.21. The Hall–Kier alpha value is -3.21. The molecule has 0 atom stereocenters. The van der Waals surface area contributed by atoms with E-state index in [0.29, 0.717) is 16.7 Å². The smallest absolute Gasteiger partial charge is 0.337 e. The normalized spacial score (nSPS) is 10.4. The van der Waals surface area contributed by atoms with Gasteiger partial charge >= 0.3 is 11.9 Å². The van der Waals surface area contributed by atoms with Crippen LogP contribution in [0.1, 0.15) is 26.3 Å². The summed E-state index contributed by atoms with van der Waals surface area (Å²) in [7, 11) is 1.31. The highest BCUT2D eigenvalue weighted by atomic mass is 16.5. The summed E-state index contributed by atoms with van der Waals surface area (Å²) in [6.07, 6.45) is 2.77. The van der Waals surface area contributed by atoms with Crippen molar-refractivity contribution < 1.29 is 23.9 Å². The summed E-state index contributed by atoms with van der Waals surface area (Å²) in [5.41, 5.74) is 1.63. The Labute approximate surface area is 139 Å². The third-order valence-electron chi connectivity index (χ3n) is 3.18. The molecule has 5 heteroatoms. The first-order chi connectivity index (χ1) is 11.6. The second-order valence-corrected chi connectivity index (χ2v) is 4.84. The number of ether oxygens (including phenoxy) is 2. The number of hydrogen-bond donors (Lipinski definition) is 0. The summed E-state index contributed by atoms with van der Waals surface area (Å²) in [6.45, 7) is -0.311. The van der Waals surface area contributed by atoms with Gasteiger partial charge < -0.3 is 9.47 Å². The van der Waals surface area contributed by atoms with Crippen LogP contribution in [0.15, 0.2) is 60.7 Å². The maximum Gasteiger partial charge on any atom is 0.337 e.